The van der Waals surface area contributed by atoms with E-state index in [1.807, 2.05) is 24.3 Å². The Morgan fingerprint density at radius 3 is 2.48 bits per heavy atom. The molecule has 1 saturated heterocycles. The highest BCUT2D eigenvalue weighted by atomic mass is 35.5. The number of likely N-dealkylation sites (tertiary alicyclic amines) is 1. The lowest BCUT2D eigenvalue weighted by molar-refractivity contribution is -0.145. The number of hydrogen-bond donors (Lipinski definition) is 4. The number of carbonyl (C=O) groups is 1. The molecule has 0 radical (unpaired) electrons. The average molecular weight is 417 g/mol. The number of benzene rings is 1. The van der Waals surface area contributed by atoms with Gasteiger partial charge in [0.1, 0.15) is 5.54 Å². The van der Waals surface area contributed by atoms with E-state index in [0.29, 0.717) is 37.1 Å². The molecule has 6 nitrogen and oxygen atoms in total. The molecule has 1 heterocycles. The average Bonchev–Trinajstić information content (AvgIpc) is 2.56. The van der Waals surface area contributed by atoms with Gasteiger partial charge in [-0.05, 0) is 42.8 Å². The Balaban J connectivity index is 1.77. The van der Waals surface area contributed by atoms with E-state index in [1.54, 1.807) is 0 Å². The number of carboxylic acids is 1. The lowest BCUT2D eigenvalue weighted by Crippen LogP contribution is -2.57. The van der Waals surface area contributed by atoms with E-state index < -0.39 is 18.6 Å². The first-order valence-electron chi connectivity index (χ1n) is 9.20. The van der Waals surface area contributed by atoms with Gasteiger partial charge in [0.05, 0.1) is 5.50 Å². The Bertz CT molecular complexity index is 614. The second kappa shape index (κ2) is 10.1. The van der Waals surface area contributed by atoms with Crippen LogP contribution < -0.4 is 5.73 Å². The van der Waals surface area contributed by atoms with Crippen molar-refractivity contribution >= 4 is 36.3 Å². The largest absolute Gasteiger partial charge is 0.480 e. The zero-order valence-electron chi connectivity index (χ0n) is 15.2. The van der Waals surface area contributed by atoms with Gasteiger partial charge < -0.3 is 20.9 Å². The number of nitrogens with zero attached hydrogens (tertiary/aromatic N) is 1. The molecule has 1 aromatic rings. The Morgan fingerprint density at radius 1 is 1.30 bits per heavy atom. The predicted octanol–water partition coefficient (Wildman–Crippen LogP) is 2.19. The van der Waals surface area contributed by atoms with Gasteiger partial charge in [0, 0.05) is 24.5 Å². The van der Waals surface area contributed by atoms with Crippen LogP contribution in [0.3, 0.4) is 0 Å². The second-order valence-electron chi connectivity index (χ2n) is 7.48. The van der Waals surface area contributed by atoms with Gasteiger partial charge in [0.2, 0.25) is 0 Å². The minimum atomic E-state index is -1.36. The third-order valence-electron chi connectivity index (χ3n) is 5.11. The van der Waals surface area contributed by atoms with E-state index in [2.05, 4.69) is 4.90 Å². The third-order valence-corrected chi connectivity index (χ3v) is 5.80. The summed E-state index contributed by atoms with van der Waals surface area (Å²) in [5, 5.41) is 28.0. The van der Waals surface area contributed by atoms with Crippen LogP contribution in [0.4, 0.5) is 0 Å². The molecule has 0 spiro atoms. The maximum Gasteiger partial charge on any atom is 0.451 e. The molecule has 0 saturated carbocycles. The van der Waals surface area contributed by atoms with Crippen molar-refractivity contribution in [2.75, 3.05) is 13.1 Å². The number of halogens is 2. The summed E-state index contributed by atoms with van der Waals surface area (Å²) in [5.41, 5.74) is 5.81. The van der Waals surface area contributed by atoms with Gasteiger partial charge in [0.15, 0.2) is 0 Å². The standard InChI is InChI=1S/C18H27BCl2N2O4/c20-15-5-3-13(4-6-15)9-16(21)23-11-14(12-23)10-18(22,17(24)25)7-1-2-8-19(26)27/h3-6,14,16,26-27H,1-2,7-12,22H2,(H,24,25). The van der Waals surface area contributed by atoms with Crippen molar-refractivity contribution in [3.63, 3.8) is 0 Å². The quantitative estimate of drug-likeness (QED) is 0.190. The summed E-state index contributed by atoms with van der Waals surface area (Å²) >= 11 is 12.4. The van der Waals surface area contributed by atoms with Crippen molar-refractivity contribution in [2.24, 2.45) is 11.7 Å². The fraction of sp³-hybridized carbons (Fsp3) is 0.611. The van der Waals surface area contributed by atoms with E-state index in [1.165, 1.54) is 0 Å². The molecule has 2 atom stereocenters. The summed E-state index contributed by atoms with van der Waals surface area (Å²) in [6.07, 6.45) is 2.72. The number of aliphatic carboxylic acids is 1. The number of hydrogen-bond acceptors (Lipinski definition) is 5. The molecule has 1 aromatic carbocycles. The van der Waals surface area contributed by atoms with Crippen LogP contribution in [0.15, 0.2) is 24.3 Å². The molecule has 5 N–H and O–H groups in total. The Labute approximate surface area is 170 Å². The molecule has 2 rings (SSSR count). The topological polar surface area (TPSA) is 107 Å². The molecule has 0 aromatic heterocycles. The van der Waals surface area contributed by atoms with Crippen LogP contribution in [-0.4, -0.2) is 57.3 Å². The molecule has 1 aliphatic heterocycles. The summed E-state index contributed by atoms with van der Waals surface area (Å²) in [7, 11) is -1.36. The molecule has 0 amide bonds. The molecule has 9 heteroatoms. The third kappa shape index (κ3) is 6.93. The van der Waals surface area contributed by atoms with Crippen LogP contribution in [0.5, 0.6) is 0 Å². The van der Waals surface area contributed by atoms with Crippen LogP contribution in [-0.2, 0) is 11.2 Å². The Kier molecular flexibility index (Phi) is 8.40. The minimum Gasteiger partial charge on any atom is -0.480 e. The van der Waals surface area contributed by atoms with Crippen LogP contribution in [0, 0.1) is 5.92 Å². The van der Waals surface area contributed by atoms with Crippen molar-refractivity contribution in [1.29, 1.82) is 0 Å². The van der Waals surface area contributed by atoms with Gasteiger partial charge in [-0.15, -0.1) is 11.6 Å². The van der Waals surface area contributed by atoms with Crippen LogP contribution in [0.2, 0.25) is 11.3 Å². The predicted molar refractivity (Wildman–Crippen MR) is 108 cm³/mol. The molecular formula is C18H27BCl2N2O4. The van der Waals surface area contributed by atoms with E-state index in [0.717, 1.165) is 18.7 Å². The smallest absolute Gasteiger partial charge is 0.451 e. The lowest BCUT2D eigenvalue weighted by atomic mass is 9.78. The van der Waals surface area contributed by atoms with E-state index in [9.17, 15) is 9.90 Å². The highest BCUT2D eigenvalue weighted by molar-refractivity contribution is 6.40. The first-order valence-corrected chi connectivity index (χ1v) is 10.0. The SMILES string of the molecule is NC(CCCCB(O)O)(CC1CN(C(Cl)Cc2ccc(Cl)cc2)C1)C(=O)O. The number of nitrogens with two attached hydrogens (primary N) is 1. The molecular weight excluding hydrogens is 390 g/mol. The zero-order valence-corrected chi connectivity index (χ0v) is 16.7. The Hall–Kier alpha value is -0.825. The number of carboxylic acid groups (broad SMARTS) is 1. The minimum absolute atomic E-state index is 0.148. The molecule has 0 bridgehead atoms. The van der Waals surface area contributed by atoms with E-state index >= 15 is 0 Å². The van der Waals surface area contributed by atoms with Gasteiger partial charge in [-0.25, -0.2) is 0 Å². The van der Waals surface area contributed by atoms with Crippen LogP contribution in [0.1, 0.15) is 31.2 Å². The normalized spacial score (nSPS) is 18.6. The molecule has 0 aliphatic carbocycles. The monoisotopic (exact) mass is 416 g/mol. The van der Waals surface area contributed by atoms with Crippen molar-refractivity contribution in [3.05, 3.63) is 34.9 Å². The zero-order chi connectivity index (χ0) is 20.0. The number of rotatable bonds is 11. The maximum absolute atomic E-state index is 11.6. The highest BCUT2D eigenvalue weighted by Crippen LogP contribution is 2.31. The van der Waals surface area contributed by atoms with Gasteiger partial charge in [-0.2, -0.15) is 0 Å². The van der Waals surface area contributed by atoms with E-state index in [4.69, 9.17) is 39.0 Å². The first kappa shape index (κ1) is 22.5. The molecule has 1 aliphatic rings. The lowest BCUT2D eigenvalue weighted by Gasteiger charge is -2.44. The molecule has 150 valence electrons. The van der Waals surface area contributed by atoms with Crippen molar-refractivity contribution in [2.45, 2.75) is 49.5 Å². The first-order chi connectivity index (χ1) is 12.7. The van der Waals surface area contributed by atoms with Crippen molar-refractivity contribution in [1.82, 2.24) is 4.90 Å². The summed E-state index contributed by atoms with van der Waals surface area (Å²) in [4.78, 5) is 13.8. The number of alkyl halides is 1. The summed E-state index contributed by atoms with van der Waals surface area (Å²) in [5.74, 6) is -0.810. The fourth-order valence-electron chi connectivity index (χ4n) is 3.49. The summed E-state index contributed by atoms with van der Waals surface area (Å²) in [6.45, 7) is 1.45. The van der Waals surface area contributed by atoms with Crippen molar-refractivity contribution in [3.8, 4) is 0 Å². The second-order valence-corrected chi connectivity index (χ2v) is 8.42. The molecule has 1 fully saturated rings. The maximum atomic E-state index is 11.6. The van der Waals surface area contributed by atoms with Crippen molar-refractivity contribution < 1.29 is 19.9 Å². The molecule has 27 heavy (non-hydrogen) atoms. The van der Waals surface area contributed by atoms with E-state index in [-0.39, 0.29) is 17.7 Å². The molecule has 2 unspecified atom stereocenters. The number of unbranched alkanes of at least 4 members (excludes halogenated alkanes) is 1. The van der Waals surface area contributed by atoms with Gasteiger partial charge >= 0.3 is 13.1 Å². The highest BCUT2D eigenvalue weighted by Gasteiger charge is 2.41. The fourth-order valence-corrected chi connectivity index (χ4v) is 3.95. The van der Waals surface area contributed by atoms with Crippen LogP contribution in [0.25, 0.3) is 0 Å². The Morgan fingerprint density at radius 2 is 1.93 bits per heavy atom. The summed E-state index contributed by atoms with van der Waals surface area (Å²) in [6, 6.07) is 7.58. The van der Waals surface area contributed by atoms with Gasteiger partial charge in [0.25, 0.3) is 0 Å². The van der Waals surface area contributed by atoms with Gasteiger partial charge in [-0.1, -0.05) is 36.6 Å². The van der Waals surface area contributed by atoms with Gasteiger partial charge in [-0.3, -0.25) is 9.69 Å². The summed E-state index contributed by atoms with van der Waals surface area (Å²) < 4.78 is 0. The van der Waals surface area contributed by atoms with Crippen LogP contribution >= 0.6 is 23.2 Å².